The molecule has 0 radical (unpaired) electrons. The van der Waals surface area contributed by atoms with Crippen molar-refractivity contribution in [1.82, 2.24) is 0 Å². The first-order chi connectivity index (χ1) is 9.86. The number of esters is 1. The van der Waals surface area contributed by atoms with Gasteiger partial charge in [-0.1, -0.05) is 6.42 Å². The van der Waals surface area contributed by atoms with E-state index >= 15 is 0 Å². The normalized spacial score (nSPS) is 13.8. The summed E-state index contributed by atoms with van der Waals surface area (Å²) in [6.07, 6.45) is 2.13. The molecule has 3 nitrogen and oxygen atoms in total. The van der Waals surface area contributed by atoms with Crippen LogP contribution in [0.2, 0.25) is 0 Å². The van der Waals surface area contributed by atoms with Crippen molar-refractivity contribution in [2.45, 2.75) is 43.5 Å². The third-order valence-corrected chi connectivity index (χ3v) is 4.07. The van der Waals surface area contributed by atoms with Crippen molar-refractivity contribution < 1.29 is 18.3 Å². The minimum atomic E-state index is -0.970. The van der Waals surface area contributed by atoms with E-state index < -0.39 is 23.1 Å². The van der Waals surface area contributed by atoms with E-state index in [1.165, 1.54) is 17.8 Å². The van der Waals surface area contributed by atoms with Gasteiger partial charge in [-0.3, -0.25) is 4.79 Å². The Morgan fingerprint density at radius 3 is 2.67 bits per heavy atom. The van der Waals surface area contributed by atoms with Gasteiger partial charge in [-0.05, 0) is 50.6 Å². The quantitative estimate of drug-likeness (QED) is 0.453. The number of carbonyl (C=O) groups excluding carboxylic acids is 1. The number of carbonyl (C=O) groups is 1. The van der Waals surface area contributed by atoms with E-state index in [2.05, 4.69) is 0 Å². The zero-order chi connectivity index (χ0) is 15.9. The molecule has 0 fully saturated rings. The Labute approximate surface area is 128 Å². The fourth-order valence-electron chi connectivity index (χ4n) is 1.75. The smallest absolute Gasteiger partial charge is 0.325 e. The van der Waals surface area contributed by atoms with Crippen LogP contribution in [0.5, 0.6) is 0 Å². The fourth-order valence-corrected chi connectivity index (χ4v) is 2.68. The van der Waals surface area contributed by atoms with Crippen LogP contribution in [0.15, 0.2) is 23.1 Å². The van der Waals surface area contributed by atoms with Crippen molar-refractivity contribution in [3.8, 4) is 0 Å². The summed E-state index contributed by atoms with van der Waals surface area (Å²) in [5, 5.41) is 0. The predicted molar refractivity (Wildman–Crippen MR) is 80.2 cm³/mol. The zero-order valence-electron chi connectivity index (χ0n) is 12.3. The predicted octanol–water partition coefficient (Wildman–Crippen LogP) is 3.51. The molecule has 6 heteroatoms. The highest BCUT2D eigenvalue weighted by molar-refractivity contribution is 7.99. The van der Waals surface area contributed by atoms with Gasteiger partial charge in [0.2, 0.25) is 0 Å². The molecule has 0 saturated carbocycles. The first-order valence-corrected chi connectivity index (χ1v) is 7.89. The van der Waals surface area contributed by atoms with Crippen LogP contribution < -0.4 is 5.73 Å². The maximum atomic E-state index is 13.0. The highest BCUT2D eigenvalue weighted by atomic mass is 32.2. The third-order valence-electron chi connectivity index (χ3n) is 2.99. The Balaban J connectivity index is 2.28. The monoisotopic (exact) mass is 317 g/mol. The van der Waals surface area contributed by atoms with Gasteiger partial charge in [0.1, 0.15) is 5.54 Å². The van der Waals surface area contributed by atoms with Crippen molar-refractivity contribution >= 4 is 17.7 Å². The molecular weight excluding hydrogens is 296 g/mol. The summed E-state index contributed by atoms with van der Waals surface area (Å²) in [7, 11) is 0. The lowest BCUT2D eigenvalue weighted by Crippen LogP contribution is -2.46. The van der Waals surface area contributed by atoms with E-state index in [0.717, 1.165) is 24.7 Å². The van der Waals surface area contributed by atoms with Crippen molar-refractivity contribution in [1.29, 1.82) is 0 Å². The first kappa shape index (κ1) is 17.9. The van der Waals surface area contributed by atoms with Gasteiger partial charge in [0.15, 0.2) is 11.6 Å². The molecule has 0 aromatic heterocycles. The lowest BCUT2D eigenvalue weighted by Gasteiger charge is -2.21. The average molecular weight is 317 g/mol. The zero-order valence-corrected chi connectivity index (χ0v) is 13.1. The van der Waals surface area contributed by atoms with Gasteiger partial charge >= 0.3 is 5.97 Å². The number of halogens is 2. The number of nitrogens with two attached hydrogens (primary N) is 1. The van der Waals surface area contributed by atoms with E-state index in [0.29, 0.717) is 17.9 Å². The molecule has 1 atom stereocenters. The van der Waals surface area contributed by atoms with Crippen molar-refractivity contribution in [3.05, 3.63) is 29.8 Å². The molecule has 1 rings (SSSR count). The molecule has 2 N–H and O–H groups in total. The SMILES string of the molecule is CCOC(=O)C(C)(N)CCCCSc1ccc(F)c(F)c1. The maximum Gasteiger partial charge on any atom is 0.325 e. The second kappa shape index (κ2) is 8.34. The summed E-state index contributed by atoms with van der Waals surface area (Å²) in [6, 6.07) is 3.86. The van der Waals surface area contributed by atoms with Crippen LogP contribution in [0.25, 0.3) is 0 Å². The molecule has 118 valence electrons. The van der Waals surface area contributed by atoms with Crippen LogP contribution in [-0.4, -0.2) is 23.9 Å². The van der Waals surface area contributed by atoms with Crippen LogP contribution in [0.3, 0.4) is 0 Å². The molecule has 1 unspecified atom stereocenters. The largest absolute Gasteiger partial charge is 0.465 e. The second-order valence-electron chi connectivity index (χ2n) is 5.02. The van der Waals surface area contributed by atoms with Gasteiger partial charge < -0.3 is 10.5 Å². The fraction of sp³-hybridized carbons (Fsp3) is 0.533. The molecular formula is C15H21F2NO2S. The van der Waals surface area contributed by atoms with Gasteiger partial charge in [0.05, 0.1) is 6.61 Å². The van der Waals surface area contributed by atoms with Crippen molar-refractivity contribution in [2.24, 2.45) is 5.73 Å². The molecule has 0 saturated heterocycles. The second-order valence-corrected chi connectivity index (χ2v) is 6.19. The molecule has 0 amide bonds. The minimum absolute atomic E-state index is 0.317. The lowest BCUT2D eigenvalue weighted by molar-refractivity contribution is -0.149. The number of rotatable bonds is 8. The van der Waals surface area contributed by atoms with Crippen molar-refractivity contribution in [3.63, 3.8) is 0 Å². The summed E-state index contributed by atoms with van der Waals surface area (Å²) in [5.41, 5.74) is 4.93. The maximum absolute atomic E-state index is 13.0. The molecule has 0 bridgehead atoms. The average Bonchev–Trinajstić information content (AvgIpc) is 2.42. The number of hydrogen-bond acceptors (Lipinski definition) is 4. The molecule has 0 aliphatic heterocycles. The number of ether oxygens (including phenoxy) is 1. The minimum Gasteiger partial charge on any atom is -0.465 e. The first-order valence-electron chi connectivity index (χ1n) is 6.91. The number of unbranched alkanes of at least 4 members (excludes halogenated alkanes) is 1. The number of thioether (sulfide) groups is 1. The van der Waals surface area contributed by atoms with Gasteiger partial charge in [0.25, 0.3) is 0 Å². The molecule has 1 aromatic carbocycles. The summed E-state index contributed by atoms with van der Waals surface area (Å²) in [5.74, 6) is -1.31. The molecule has 0 spiro atoms. The topological polar surface area (TPSA) is 52.3 Å². The Bertz CT molecular complexity index is 481. The molecule has 0 aliphatic carbocycles. The lowest BCUT2D eigenvalue weighted by atomic mass is 9.96. The summed E-state index contributed by atoms with van der Waals surface area (Å²) < 4.78 is 30.7. The molecule has 0 heterocycles. The van der Waals surface area contributed by atoms with E-state index in [1.54, 1.807) is 19.9 Å². The van der Waals surface area contributed by atoms with E-state index in [4.69, 9.17) is 10.5 Å². The summed E-state index contributed by atoms with van der Waals surface area (Å²) in [4.78, 5) is 12.3. The van der Waals surface area contributed by atoms with Crippen LogP contribution in [0.1, 0.15) is 33.1 Å². The summed E-state index contributed by atoms with van der Waals surface area (Å²) in [6.45, 7) is 3.72. The Hall–Kier alpha value is -1.14. The van der Waals surface area contributed by atoms with Gasteiger partial charge in [0, 0.05) is 4.90 Å². The standard InChI is InChI=1S/C15H21F2NO2S/c1-3-20-14(19)15(2,18)8-4-5-9-21-11-6-7-12(16)13(17)10-11/h6-7,10H,3-5,8-9,18H2,1-2H3. The van der Waals surface area contributed by atoms with E-state index in [-0.39, 0.29) is 0 Å². The Kier molecular flexibility index (Phi) is 7.11. The molecule has 0 aliphatic rings. The molecule has 21 heavy (non-hydrogen) atoms. The third kappa shape index (κ3) is 6.01. The van der Waals surface area contributed by atoms with Crippen LogP contribution in [0, 0.1) is 11.6 Å². The highest BCUT2D eigenvalue weighted by Crippen LogP contribution is 2.22. The Morgan fingerprint density at radius 2 is 2.05 bits per heavy atom. The van der Waals surface area contributed by atoms with E-state index in [9.17, 15) is 13.6 Å². The number of hydrogen-bond donors (Lipinski definition) is 1. The highest BCUT2D eigenvalue weighted by Gasteiger charge is 2.28. The van der Waals surface area contributed by atoms with Gasteiger partial charge in [-0.2, -0.15) is 0 Å². The summed E-state index contributed by atoms with van der Waals surface area (Å²) >= 11 is 1.45. The number of benzene rings is 1. The van der Waals surface area contributed by atoms with Crippen LogP contribution in [0.4, 0.5) is 8.78 Å². The van der Waals surface area contributed by atoms with Crippen LogP contribution in [-0.2, 0) is 9.53 Å². The van der Waals surface area contributed by atoms with Gasteiger partial charge in [-0.25, -0.2) is 8.78 Å². The van der Waals surface area contributed by atoms with Crippen LogP contribution >= 0.6 is 11.8 Å². The molecule has 1 aromatic rings. The van der Waals surface area contributed by atoms with Crippen molar-refractivity contribution in [2.75, 3.05) is 12.4 Å². The van der Waals surface area contributed by atoms with Gasteiger partial charge in [-0.15, -0.1) is 11.8 Å². The van der Waals surface area contributed by atoms with E-state index in [1.807, 2.05) is 0 Å². The Morgan fingerprint density at radius 1 is 1.33 bits per heavy atom.